The maximum Gasteiger partial charge on any atom is 0.220 e. The molecule has 0 unspecified atom stereocenters. The molecular weight excluding hydrogens is 306 g/mol. The van der Waals surface area contributed by atoms with Gasteiger partial charge in [0.25, 0.3) is 0 Å². The zero-order valence-corrected chi connectivity index (χ0v) is 13.2. The van der Waals surface area contributed by atoms with Crippen molar-refractivity contribution < 1.29 is 9.59 Å². The molecule has 110 valence electrons. The topological polar surface area (TPSA) is 46.2 Å². The molecule has 0 spiro atoms. The molecule has 1 amide bonds. The lowest BCUT2D eigenvalue weighted by atomic mass is 10.1. The molecule has 1 heterocycles. The fourth-order valence-electron chi connectivity index (χ4n) is 1.96. The second kappa shape index (κ2) is 7.38. The largest absolute Gasteiger partial charge is 0.350 e. The number of carbonyl (C=O) groups excluding carboxylic acids is 2. The molecule has 1 N–H and O–H groups in total. The zero-order chi connectivity index (χ0) is 15.2. The van der Waals surface area contributed by atoms with Gasteiger partial charge in [-0.3, -0.25) is 9.59 Å². The van der Waals surface area contributed by atoms with Gasteiger partial charge >= 0.3 is 0 Å². The number of amides is 1. The average molecular weight is 322 g/mol. The van der Waals surface area contributed by atoms with Gasteiger partial charge in [-0.05, 0) is 36.1 Å². The lowest BCUT2D eigenvalue weighted by molar-refractivity contribution is -0.121. The van der Waals surface area contributed by atoms with Gasteiger partial charge in [-0.1, -0.05) is 29.8 Å². The van der Waals surface area contributed by atoms with Crippen molar-refractivity contribution >= 4 is 34.6 Å². The number of benzene rings is 1. The minimum absolute atomic E-state index is 0.00978. The standard InChI is InChI=1S/C16H16ClNO2S/c1-11(12-4-2-5-13(17)10-12)18-16(20)8-7-14(19)15-6-3-9-21-15/h2-6,9-11H,7-8H2,1H3,(H,18,20)/t11-/m1/s1. The van der Waals surface area contributed by atoms with Gasteiger partial charge in [0.05, 0.1) is 10.9 Å². The second-order valence-electron chi connectivity index (χ2n) is 4.74. The van der Waals surface area contributed by atoms with E-state index in [0.717, 1.165) is 5.56 Å². The van der Waals surface area contributed by atoms with Crippen molar-refractivity contribution in [1.29, 1.82) is 0 Å². The van der Waals surface area contributed by atoms with E-state index >= 15 is 0 Å². The van der Waals surface area contributed by atoms with Crippen LogP contribution < -0.4 is 5.32 Å². The molecule has 21 heavy (non-hydrogen) atoms. The van der Waals surface area contributed by atoms with Crippen molar-refractivity contribution in [3.05, 3.63) is 57.2 Å². The highest BCUT2D eigenvalue weighted by Crippen LogP contribution is 2.18. The molecule has 2 rings (SSSR count). The molecule has 0 radical (unpaired) electrons. The van der Waals surface area contributed by atoms with Crippen LogP contribution in [0.1, 0.15) is 41.0 Å². The van der Waals surface area contributed by atoms with E-state index in [4.69, 9.17) is 11.6 Å². The van der Waals surface area contributed by atoms with Gasteiger partial charge in [0.2, 0.25) is 5.91 Å². The van der Waals surface area contributed by atoms with Crippen molar-refractivity contribution in [1.82, 2.24) is 5.32 Å². The number of nitrogens with one attached hydrogen (secondary N) is 1. The first-order valence-corrected chi connectivity index (χ1v) is 7.93. The number of carbonyl (C=O) groups is 2. The van der Waals surface area contributed by atoms with Gasteiger partial charge in [-0.2, -0.15) is 0 Å². The number of ketones is 1. The van der Waals surface area contributed by atoms with Gasteiger partial charge in [-0.15, -0.1) is 11.3 Å². The van der Waals surface area contributed by atoms with Gasteiger partial charge < -0.3 is 5.32 Å². The first-order valence-electron chi connectivity index (χ1n) is 6.68. The number of thiophene rings is 1. The minimum Gasteiger partial charge on any atom is -0.350 e. The zero-order valence-electron chi connectivity index (χ0n) is 11.6. The van der Waals surface area contributed by atoms with E-state index in [1.807, 2.05) is 36.6 Å². The number of halogens is 1. The summed E-state index contributed by atoms with van der Waals surface area (Å²) in [6.07, 6.45) is 0.427. The number of hydrogen-bond acceptors (Lipinski definition) is 3. The van der Waals surface area contributed by atoms with E-state index in [1.165, 1.54) is 11.3 Å². The molecule has 0 aliphatic heterocycles. The lowest BCUT2D eigenvalue weighted by Gasteiger charge is -2.14. The van der Waals surface area contributed by atoms with Crippen LogP contribution in [0.4, 0.5) is 0 Å². The summed E-state index contributed by atoms with van der Waals surface area (Å²) in [7, 11) is 0. The third-order valence-corrected chi connectivity index (χ3v) is 4.25. The summed E-state index contributed by atoms with van der Waals surface area (Å²) in [5.41, 5.74) is 0.945. The Morgan fingerprint density at radius 3 is 2.71 bits per heavy atom. The highest BCUT2D eigenvalue weighted by atomic mass is 35.5. The van der Waals surface area contributed by atoms with E-state index in [0.29, 0.717) is 9.90 Å². The highest BCUT2D eigenvalue weighted by Gasteiger charge is 2.13. The maximum absolute atomic E-state index is 11.9. The maximum atomic E-state index is 11.9. The predicted octanol–water partition coefficient (Wildman–Crippen LogP) is 4.24. The predicted molar refractivity (Wildman–Crippen MR) is 85.9 cm³/mol. The van der Waals surface area contributed by atoms with Crippen LogP contribution >= 0.6 is 22.9 Å². The third-order valence-electron chi connectivity index (χ3n) is 3.10. The van der Waals surface area contributed by atoms with Crippen LogP contribution in [0.2, 0.25) is 5.02 Å². The molecule has 3 nitrogen and oxygen atoms in total. The number of hydrogen-bond donors (Lipinski definition) is 1. The van der Waals surface area contributed by atoms with E-state index < -0.39 is 0 Å². The summed E-state index contributed by atoms with van der Waals surface area (Å²) in [4.78, 5) is 24.4. The molecule has 0 aliphatic rings. The third kappa shape index (κ3) is 4.69. The molecule has 1 aromatic carbocycles. The molecule has 0 bridgehead atoms. The molecule has 2 aromatic rings. The van der Waals surface area contributed by atoms with Crippen LogP contribution in [0.25, 0.3) is 0 Å². The van der Waals surface area contributed by atoms with Crippen LogP contribution in [0.3, 0.4) is 0 Å². The first-order chi connectivity index (χ1) is 10.1. The molecule has 0 saturated heterocycles. The molecule has 0 aliphatic carbocycles. The van der Waals surface area contributed by atoms with Crippen LogP contribution in [0.5, 0.6) is 0 Å². The van der Waals surface area contributed by atoms with Gasteiger partial charge in [0.1, 0.15) is 0 Å². The summed E-state index contributed by atoms with van der Waals surface area (Å²) < 4.78 is 0. The van der Waals surface area contributed by atoms with E-state index in [1.54, 1.807) is 12.1 Å². The molecule has 1 aromatic heterocycles. The fraction of sp³-hybridized carbons (Fsp3) is 0.250. The van der Waals surface area contributed by atoms with E-state index in [9.17, 15) is 9.59 Å². The van der Waals surface area contributed by atoms with Crippen molar-refractivity contribution in [3.63, 3.8) is 0 Å². The monoisotopic (exact) mass is 321 g/mol. The molecule has 0 saturated carbocycles. The van der Waals surface area contributed by atoms with Crippen molar-refractivity contribution in [2.75, 3.05) is 0 Å². The van der Waals surface area contributed by atoms with Gasteiger partial charge in [-0.25, -0.2) is 0 Å². The fourth-order valence-corrected chi connectivity index (χ4v) is 2.85. The van der Waals surface area contributed by atoms with Crippen LogP contribution in [-0.2, 0) is 4.79 Å². The lowest BCUT2D eigenvalue weighted by Crippen LogP contribution is -2.26. The van der Waals surface area contributed by atoms with Crippen LogP contribution in [0.15, 0.2) is 41.8 Å². The van der Waals surface area contributed by atoms with Crippen LogP contribution in [0, 0.1) is 0 Å². The number of rotatable bonds is 6. The Kier molecular flexibility index (Phi) is 5.53. The molecule has 1 atom stereocenters. The van der Waals surface area contributed by atoms with E-state index in [-0.39, 0.29) is 30.6 Å². The van der Waals surface area contributed by atoms with E-state index in [2.05, 4.69) is 5.32 Å². The summed E-state index contributed by atoms with van der Waals surface area (Å²) in [5, 5.41) is 5.37. The molecular formula is C16H16ClNO2S. The summed E-state index contributed by atoms with van der Waals surface area (Å²) in [6, 6.07) is 10.9. The Morgan fingerprint density at radius 1 is 1.24 bits per heavy atom. The Bertz CT molecular complexity index is 625. The van der Waals surface area contributed by atoms with Crippen molar-refractivity contribution in [2.45, 2.75) is 25.8 Å². The number of Topliss-reactive ketones (excluding diaryl/α,β-unsaturated/α-hetero) is 1. The Labute approximate surface area is 132 Å². The normalized spacial score (nSPS) is 11.9. The first kappa shape index (κ1) is 15.7. The molecule has 5 heteroatoms. The highest BCUT2D eigenvalue weighted by molar-refractivity contribution is 7.12. The Morgan fingerprint density at radius 2 is 2.05 bits per heavy atom. The van der Waals surface area contributed by atoms with Crippen molar-refractivity contribution in [2.24, 2.45) is 0 Å². The van der Waals surface area contributed by atoms with Gasteiger partial charge in [0, 0.05) is 17.9 Å². The van der Waals surface area contributed by atoms with Gasteiger partial charge in [0.15, 0.2) is 5.78 Å². The Balaban J connectivity index is 1.83. The molecule has 0 fully saturated rings. The van der Waals surface area contributed by atoms with Crippen molar-refractivity contribution in [3.8, 4) is 0 Å². The average Bonchev–Trinajstić information content (AvgIpc) is 2.99. The second-order valence-corrected chi connectivity index (χ2v) is 6.13. The quantitative estimate of drug-likeness (QED) is 0.809. The Hall–Kier alpha value is -1.65. The summed E-state index contributed by atoms with van der Waals surface area (Å²) >= 11 is 7.33. The minimum atomic E-state index is -0.132. The summed E-state index contributed by atoms with van der Waals surface area (Å²) in [6.45, 7) is 1.89. The van der Waals surface area contributed by atoms with Crippen LogP contribution in [-0.4, -0.2) is 11.7 Å². The SMILES string of the molecule is C[C@@H](NC(=O)CCC(=O)c1cccs1)c1cccc(Cl)c1. The summed E-state index contributed by atoms with van der Waals surface area (Å²) in [5.74, 6) is -0.122. The smallest absolute Gasteiger partial charge is 0.220 e.